The van der Waals surface area contributed by atoms with Gasteiger partial charge in [-0.15, -0.1) is 11.3 Å². The first-order chi connectivity index (χ1) is 14.3. The molecule has 2 aromatic carbocycles. The Labute approximate surface area is 172 Å². The van der Waals surface area contributed by atoms with E-state index < -0.39 is 0 Å². The third-order valence-corrected chi connectivity index (χ3v) is 5.85. The van der Waals surface area contributed by atoms with Crippen LogP contribution in [-0.2, 0) is 0 Å². The lowest BCUT2D eigenvalue weighted by Crippen LogP contribution is -2.40. The van der Waals surface area contributed by atoms with E-state index in [4.69, 9.17) is 18.9 Å². The van der Waals surface area contributed by atoms with Crippen molar-refractivity contribution in [1.82, 2.24) is 5.32 Å². The van der Waals surface area contributed by atoms with Gasteiger partial charge < -0.3 is 24.3 Å². The van der Waals surface area contributed by atoms with Crippen molar-refractivity contribution >= 4 is 17.2 Å². The number of rotatable bonds is 4. The minimum absolute atomic E-state index is 0.124. The second kappa shape index (κ2) is 7.67. The molecule has 5 rings (SSSR count). The minimum atomic E-state index is -0.217. The molecule has 148 valence electrons. The molecule has 1 N–H and O–H groups in total. The van der Waals surface area contributed by atoms with Crippen LogP contribution in [0.3, 0.4) is 0 Å². The lowest BCUT2D eigenvalue weighted by Gasteiger charge is -2.26. The fraction of sp³-hybridized carbons (Fsp3) is 0.227. The predicted molar refractivity (Wildman–Crippen MR) is 109 cm³/mol. The average Bonchev–Trinajstić information content (AvgIpc) is 3.27. The van der Waals surface area contributed by atoms with E-state index >= 15 is 0 Å². The van der Waals surface area contributed by atoms with Crippen molar-refractivity contribution in [1.29, 1.82) is 0 Å². The summed E-state index contributed by atoms with van der Waals surface area (Å²) in [7, 11) is 0. The largest absolute Gasteiger partial charge is 0.486 e. The third kappa shape index (κ3) is 3.73. The minimum Gasteiger partial charge on any atom is -0.486 e. The van der Waals surface area contributed by atoms with Crippen LogP contribution in [0.4, 0.5) is 0 Å². The molecule has 2 aliphatic heterocycles. The lowest BCUT2D eigenvalue weighted by molar-refractivity contribution is 0.0791. The van der Waals surface area contributed by atoms with Gasteiger partial charge in [-0.05, 0) is 48.0 Å². The van der Waals surface area contributed by atoms with Crippen molar-refractivity contribution < 1.29 is 23.7 Å². The summed E-state index contributed by atoms with van der Waals surface area (Å²) in [6.07, 6.45) is -0.217. The van der Waals surface area contributed by atoms with Crippen LogP contribution in [0, 0.1) is 0 Å². The Morgan fingerprint density at radius 3 is 2.62 bits per heavy atom. The van der Waals surface area contributed by atoms with E-state index in [1.165, 1.54) is 11.3 Å². The van der Waals surface area contributed by atoms with Crippen LogP contribution >= 0.6 is 11.3 Å². The first-order valence-corrected chi connectivity index (χ1v) is 10.2. The van der Waals surface area contributed by atoms with Crippen molar-refractivity contribution in [3.63, 3.8) is 0 Å². The van der Waals surface area contributed by atoms with Crippen molar-refractivity contribution in [2.75, 3.05) is 26.4 Å². The zero-order chi connectivity index (χ0) is 19.6. The van der Waals surface area contributed by atoms with Crippen molar-refractivity contribution in [3.05, 3.63) is 59.5 Å². The van der Waals surface area contributed by atoms with Crippen molar-refractivity contribution in [2.24, 2.45) is 0 Å². The number of fused-ring (bicyclic) bond motifs is 2. The Kier molecular flexibility index (Phi) is 4.73. The Bertz CT molecular complexity index is 1050. The van der Waals surface area contributed by atoms with Gasteiger partial charge in [0, 0.05) is 4.88 Å². The topological polar surface area (TPSA) is 66.0 Å². The predicted octanol–water partition coefficient (Wildman–Crippen LogP) is 3.76. The van der Waals surface area contributed by atoms with Crippen molar-refractivity contribution in [2.45, 2.75) is 6.10 Å². The molecule has 29 heavy (non-hydrogen) atoms. The SMILES string of the molecule is O=C(NC[C@H]1COc2ccccc2O1)c1ccc(-c2ccc3c(c2)OCCO3)s1. The molecule has 7 heteroatoms. The van der Waals surface area contributed by atoms with E-state index in [-0.39, 0.29) is 12.0 Å². The van der Waals surface area contributed by atoms with Gasteiger partial charge in [-0.2, -0.15) is 0 Å². The molecule has 1 amide bonds. The zero-order valence-electron chi connectivity index (χ0n) is 15.6. The number of thiophene rings is 1. The summed E-state index contributed by atoms with van der Waals surface area (Å²) >= 11 is 1.44. The maximum atomic E-state index is 12.6. The van der Waals surface area contributed by atoms with Gasteiger partial charge in [-0.1, -0.05) is 12.1 Å². The Morgan fingerprint density at radius 1 is 0.931 bits per heavy atom. The maximum absolute atomic E-state index is 12.6. The molecule has 3 heterocycles. The fourth-order valence-electron chi connectivity index (χ4n) is 3.27. The van der Waals surface area contributed by atoms with Gasteiger partial charge >= 0.3 is 0 Å². The first-order valence-electron chi connectivity index (χ1n) is 9.43. The van der Waals surface area contributed by atoms with E-state index in [0.29, 0.717) is 37.0 Å². The number of benzene rings is 2. The van der Waals surface area contributed by atoms with E-state index in [0.717, 1.165) is 27.7 Å². The number of para-hydroxylation sites is 2. The lowest BCUT2D eigenvalue weighted by atomic mass is 10.1. The summed E-state index contributed by atoms with van der Waals surface area (Å²) in [6.45, 7) is 1.90. The van der Waals surface area contributed by atoms with E-state index in [9.17, 15) is 4.79 Å². The molecule has 0 radical (unpaired) electrons. The second-order valence-corrected chi connectivity index (χ2v) is 7.81. The Hall–Kier alpha value is -3.19. The van der Waals surface area contributed by atoms with Crippen LogP contribution in [0.1, 0.15) is 9.67 Å². The molecule has 0 spiro atoms. The number of hydrogen-bond acceptors (Lipinski definition) is 6. The summed E-state index contributed by atoms with van der Waals surface area (Å²) in [4.78, 5) is 14.2. The molecular weight excluding hydrogens is 390 g/mol. The molecule has 0 unspecified atom stereocenters. The van der Waals surface area contributed by atoms with Gasteiger partial charge in [0.05, 0.1) is 11.4 Å². The van der Waals surface area contributed by atoms with Gasteiger partial charge in [0.25, 0.3) is 5.91 Å². The highest BCUT2D eigenvalue weighted by Gasteiger charge is 2.22. The number of carbonyl (C=O) groups is 1. The quantitative estimate of drug-likeness (QED) is 0.711. The number of carbonyl (C=O) groups excluding carboxylic acids is 1. The van der Waals surface area contributed by atoms with Gasteiger partial charge in [0.2, 0.25) is 0 Å². The van der Waals surface area contributed by atoms with Crippen molar-refractivity contribution in [3.8, 4) is 33.4 Å². The Balaban J connectivity index is 1.22. The van der Waals surface area contributed by atoms with E-state index in [1.54, 1.807) is 0 Å². The van der Waals surface area contributed by atoms with E-state index in [1.807, 2.05) is 54.6 Å². The summed E-state index contributed by atoms with van der Waals surface area (Å²) < 4.78 is 22.8. The highest BCUT2D eigenvalue weighted by Crippen LogP contribution is 2.37. The van der Waals surface area contributed by atoms with Crippen LogP contribution in [0.5, 0.6) is 23.0 Å². The molecule has 1 atom stereocenters. The standard InChI is InChI=1S/C22H19NO5S/c24-22(23-12-15-13-27-16-3-1-2-4-18(16)28-15)21-8-7-20(29-21)14-5-6-17-19(11-14)26-10-9-25-17/h1-8,11,15H,9-10,12-13H2,(H,23,24)/t15-/m0/s1. The van der Waals surface area contributed by atoms with Crippen LogP contribution < -0.4 is 24.3 Å². The molecule has 0 aliphatic carbocycles. The fourth-order valence-corrected chi connectivity index (χ4v) is 4.19. The molecule has 1 aromatic heterocycles. The normalized spacial score (nSPS) is 16.9. The molecule has 0 bridgehead atoms. The molecule has 0 fully saturated rings. The summed E-state index contributed by atoms with van der Waals surface area (Å²) in [6, 6.07) is 17.1. The average molecular weight is 409 g/mol. The number of amides is 1. The molecule has 2 aliphatic rings. The summed E-state index contributed by atoms with van der Waals surface area (Å²) in [5.41, 5.74) is 0.999. The molecule has 0 saturated heterocycles. The molecule has 6 nitrogen and oxygen atoms in total. The monoisotopic (exact) mass is 409 g/mol. The summed E-state index contributed by atoms with van der Waals surface area (Å²) in [5.74, 6) is 2.81. The third-order valence-electron chi connectivity index (χ3n) is 4.71. The molecular formula is C22H19NO5S. The van der Waals surface area contributed by atoms with Gasteiger partial charge in [0.15, 0.2) is 23.0 Å². The first kappa shape index (κ1) is 17.9. The summed E-state index contributed by atoms with van der Waals surface area (Å²) in [5, 5.41) is 2.94. The Morgan fingerprint density at radius 2 is 1.72 bits per heavy atom. The van der Waals surface area contributed by atoms with Crippen LogP contribution in [0.25, 0.3) is 10.4 Å². The highest BCUT2D eigenvalue weighted by atomic mass is 32.1. The van der Waals surface area contributed by atoms with Gasteiger partial charge in [-0.25, -0.2) is 0 Å². The number of ether oxygens (including phenoxy) is 4. The second-order valence-electron chi connectivity index (χ2n) is 6.73. The van der Waals surface area contributed by atoms with Crippen LogP contribution in [0.15, 0.2) is 54.6 Å². The number of hydrogen-bond donors (Lipinski definition) is 1. The van der Waals surface area contributed by atoms with Gasteiger partial charge in [0.1, 0.15) is 25.9 Å². The zero-order valence-corrected chi connectivity index (χ0v) is 16.4. The smallest absolute Gasteiger partial charge is 0.261 e. The van der Waals surface area contributed by atoms with Crippen LogP contribution in [-0.4, -0.2) is 38.4 Å². The molecule has 0 saturated carbocycles. The maximum Gasteiger partial charge on any atom is 0.261 e. The van der Waals surface area contributed by atoms with E-state index in [2.05, 4.69) is 5.32 Å². The molecule has 3 aromatic rings. The van der Waals surface area contributed by atoms with Crippen LogP contribution in [0.2, 0.25) is 0 Å². The number of nitrogens with one attached hydrogen (secondary N) is 1. The van der Waals surface area contributed by atoms with Gasteiger partial charge in [-0.3, -0.25) is 4.79 Å². The highest BCUT2D eigenvalue weighted by molar-refractivity contribution is 7.17.